The molecule has 0 fully saturated rings. The molecule has 0 aromatic rings. The van der Waals surface area contributed by atoms with Crippen molar-refractivity contribution in [2.75, 3.05) is 0 Å². The summed E-state index contributed by atoms with van der Waals surface area (Å²) in [5.74, 6) is 0. The van der Waals surface area contributed by atoms with Crippen LogP contribution in [0.1, 0.15) is 46.0 Å². The zero-order valence-corrected chi connectivity index (χ0v) is 12.6. The van der Waals surface area contributed by atoms with Gasteiger partial charge in [-0.2, -0.15) is 0 Å². The van der Waals surface area contributed by atoms with Crippen LogP contribution < -0.4 is 0 Å². The summed E-state index contributed by atoms with van der Waals surface area (Å²) in [6.07, 6.45) is 7.26. The van der Waals surface area contributed by atoms with Crippen molar-refractivity contribution < 1.29 is 0 Å². The molecular weight excluding hydrogens is 290 g/mol. The average Bonchev–Trinajstić information content (AvgIpc) is 2.16. The predicted octanol–water partition coefficient (Wildman–Crippen LogP) is 4.06. The second-order valence-corrected chi connectivity index (χ2v) is 8.42. The van der Waals surface area contributed by atoms with Crippen molar-refractivity contribution in [2.24, 2.45) is 0 Å². The summed E-state index contributed by atoms with van der Waals surface area (Å²) in [5.41, 5.74) is 0. The molecule has 0 amide bonds. The molecule has 0 saturated heterocycles. The van der Waals surface area contributed by atoms with Gasteiger partial charge in [0.05, 0.1) is 0 Å². The van der Waals surface area contributed by atoms with Crippen molar-refractivity contribution in [1.29, 1.82) is 0 Å². The maximum atomic E-state index is 2.30. The van der Waals surface area contributed by atoms with E-state index in [1.165, 1.54) is 42.7 Å². The molecule has 0 bridgehead atoms. The van der Waals surface area contributed by atoms with E-state index in [-0.39, 0.29) is 0 Å². The van der Waals surface area contributed by atoms with Gasteiger partial charge in [0.1, 0.15) is 0 Å². The standard InChI is InChI=1S/C11H24Se2/c1-3-5-8-12-10-7-11-13-9-6-4-2/h3-11H2,1-2H3. The van der Waals surface area contributed by atoms with Crippen LogP contribution in [0.5, 0.6) is 0 Å². The van der Waals surface area contributed by atoms with Crippen molar-refractivity contribution in [2.45, 2.75) is 67.2 Å². The molecule has 0 aliphatic rings. The van der Waals surface area contributed by atoms with E-state index in [9.17, 15) is 0 Å². The molecule has 2 heteroatoms. The van der Waals surface area contributed by atoms with Gasteiger partial charge in [0.2, 0.25) is 0 Å². The normalized spacial score (nSPS) is 10.6. The van der Waals surface area contributed by atoms with Gasteiger partial charge in [-0.15, -0.1) is 0 Å². The first-order valence-corrected chi connectivity index (χ1v) is 10.4. The SMILES string of the molecule is CCCC[Se]CCC[Se]CCCC. The molecule has 0 rings (SSSR count). The number of unbranched alkanes of at least 4 members (excludes halogenated alkanes) is 2. The van der Waals surface area contributed by atoms with Gasteiger partial charge in [-0.05, 0) is 0 Å². The van der Waals surface area contributed by atoms with Gasteiger partial charge >= 0.3 is 97.1 Å². The first kappa shape index (κ1) is 14.0. The van der Waals surface area contributed by atoms with E-state index < -0.39 is 0 Å². The van der Waals surface area contributed by atoms with Gasteiger partial charge in [-0.1, -0.05) is 0 Å². The van der Waals surface area contributed by atoms with E-state index in [4.69, 9.17) is 0 Å². The van der Waals surface area contributed by atoms with Crippen LogP contribution in [0.25, 0.3) is 0 Å². The molecule has 0 heterocycles. The van der Waals surface area contributed by atoms with Crippen molar-refractivity contribution in [3.63, 3.8) is 0 Å². The van der Waals surface area contributed by atoms with E-state index in [2.05, 4.69) is 13.8 Å². The third-order valence-electron chi connectivity index (χ3n) is 1.86. The van der Waals surface area contributed by atoms with E-state index in [1.54, 1.807) is 10.6 Å². The molecule has 80 valence electrons. The Morgan fingerprint density at radius 1 is 0.615 bits per heavy atom. The second kappa shape index (κ2) is 13.0. The van der Waals surface area contributed by atoms with Crippen LogP contribution >= 0.6 is 0 Å². The van der Waals surface area contributed by atoms with Crippen LogP contribution in [-0.2, 0) is 0 Å². The fraction of sp³-hybridized carbons (Fsp3) is 1.00. The Hall–Kier alpha value is 1.04. The van der Waals surface area contributed by atoms with Gasteiger partial charge in [-0.25, -0.2) is 0 Å². The van der Waals surface area contributed by atoms with Crippen molar-refractivity contribution in [1.82, 2.24) is 0 Å². The van der Waals surface area contributed by atoms with E-state index in [0.29, 0.717) is 0 Å². The molecule has 0 radical (unpaired) electrons. The summed E-state index contributed by atoms with van der Waals surface area (Å²) in [6, 6.07) is 0. The Kier molecular flexibility index (Phi) is 14.1. The van der Waals surface area contributed by atoms with Crippen LogP contribution in [0.3, 0.4) is 0 Å². The quantitative estimate of drug-likeness (QED) is 0.421. The molecule has 13 heavy (non-hydrogen) atoms. The van der Waals surface area contributed by atoms with E-state index >= 15 is 0 Å². The first-order valence-electron chi connectivity index (χ1n) is 5.57. The number of hydrogen-bond acceptors (Lipinski definition) is 0. The van der Waals surface area contributed by atoms with Crippen LogP contribution in [0.4, 0.5) is 0 Å². The molecular formula is C11H24Se2. The van der Waals surface area contributed by atoms with Crippen molar-refractivity contribution >= 4 is 29.9 Å². The first-order chi connectivity index (χ1) is 6.41. The summed E-state index contributed by atoms with van der Waals surface area (Å²) < 4.78 is 0. The summed E-state index contributed by atoms with van der Waals surface area (Å²) in [5, 5.41) is 6.18. The third kappa shape index (κ3) is 13.0. The molecule has 0 nitrogen and oxygen atoms in total. The molecule has 0 aromatic heterocycles. The minimum atomic E-state index is 0.983. The topological polar surface area (TPSA) is 0 Å². The van der Waals surface area contributed by atoms with Crippen molar-refractivity contribution in [3.8, 4) is 0 Å². The summed E-state index contributed by atoms with van der Waals surface area (Å²) in [6.45, 7) is 4.59. The average molecular weight is 314 g/mol. The van der Waals surface area contributed by atoms with Crippen molar-refractivity contribution in [3.05, 3.63) is 0 Å². The monoisotopic (exact) mass is 316 g/mol. The molecule has 0 atom stereocenters. The third-order valence-corrected chi connectivity index (χ3v) is 6.71. The molecule has 0 spiro atoms. The Balaban J connectivity index is 2.76. The van der Waals surface area contributed by atoms with Gasteiger partial charge in [-0.3, -0.25) is 0 Å². The molecule has 0 N–H and O–H groups in total. The molecule has 0 aromatic carbocycles. The zero-order chi connectivity index (χ0) is 9.78. The molecule has 0 aliphatic heterocycles. The number of rotatable bonds is 10. The van der Waals surface area contributed by atoms with Crippen LogP contribution in [-0.4, -0.2) is 29.9 Å². The number of hydrogen-bond donors (Lipinski definition) is 0. The summed E-state index contributed by atoms with van der Waals surface area (Å²) >= 11 is 1.97. The Morgan fingerprint density at radius 2 is 1.00 bits per heavy atom. The predicted molar refractivity (Wildman–Crippen MR) is 65.2 cm³/mol. The van der Waals surface area contributed by atoms with Crippen LogP contribution in [0.15, 0.2) is 0 Å². The van der Waals surface area contributed by atoms with Gasteiger partial charge in [0.25, 0.3) is 0 Å². The second-order valence-electron chi connectivity index (χ2n) is 3.29. The summed E-state index contributed by atoms with van der Waals surface area (Å²) in [7, 11) is 0. The Labute approximate surface area is 96.9 Å². The van der Waals surface area contributed by atoms with Gasteiger partial charge in [0, 0.05) is 0 Å². The van der Waals surface area contributed by atoms with Gasteiger partial charge in [0.15, 0.2) is 0 Å². The molecule has 0 aliphatic carbocycles. The van der Waals surface area contributed by atoms with Crippen LogP contribution in [0.2, 0.25) is 21.3 Å². The zero-order valence-electron chi connectivity index (χ0n) is 9.18. The minimum absolute atomic E-state index is 0.983. The molecule has 0 saturated carbocycles. The van der Waals surface area contributed by atoms with E-state index in [0.717, 1.165) is 29.9 Å². The van der Waals surface area contributed by atoms with Crippen LogP contribution in [0, 0.1) is 0 Å². The fourth-order valence-electron chi connectivity index (χ4n) is 0.960. The maximum absolute atomic E-state index is 2.30. The fourth-order valence-corrected chi connectivity index (χ4v) is 6.27. The van der Waals surface area contributed by atoms with E-state index in [1.807, 2.05) is 0 Å². The summed E-state index contributed by atoms with van der Waals surface area (Å²) in [4.78, 5) is 0. The van der Waals surface area contributed by atoms with Gasteiger partial charge < -0.3 is 0 Å². The molecule has 0 unspecified atom stereocenters. The Morgan fingerprint density at radius 3 is 1.38 bits per heavy atom. The Bertz CT molecular complexity index is 74.2.